The zero-order chi connectivity index (χ0) is 17.5. The Bertz CT molecular complexity index is 702. The molecule has 0 bridgehead atoms. The molecule has 0 N–H and O–H groups in total. The third kappa shape index (κ3) is 2.76. The minimum atomic E-state index is -5.00. The number of ketones is 1. The van der Waals surface area contributed by atoms with E-state index in [9.17, 15) is 27.6 Å². The molecule has 0 radical (unpaired) electrons. The van der Waals surface area contributed by atoms with Crippen LogP contribution in [0.2, 0.25) is 0 Å². The molecule has 0 spiro atoms. The second-order valence-electron chi connectivity index (χ2n) is 5.83. The van der Waals surface area contributed by atoms with Crippen LogP contribution in [-0.2, 0) is 9.59 Å². The molecule has 3 rings (SSSR count). The molecule has 2 aliphatic rings. The van der Waals surface area contributed by atoms with Crippen molar-refractivity contribution in [2.24, 2.45) is 0 Å². The number of likely N-dealkylation sites (tertiary alicyclic amines) is 1. The Kier molecular flexibility index (Phi) is 4.06. The molecule has 1 aromatic carbocycles. The lowest BCUT2D eigenvalue weighted by Crippen LogP contribution is -2.52. The summed E-state index contributed by atoms with van der Waals surface area (Å²) in [5.41, 5.74) is 0.772. The van der Waals surface area contributed by atoms with Gasteiger partial charge in [-0.2, -0.15) is 13.2 Å². The number of rotatable bonds is 1. The van der Waals surface area contributed by atoms with Crippen LogP contribution in [0.15, 0.2) is 24.3 Å². The van der Waals surface area contributed by atoms with Gasteiger partial charge in [-0.15, -0.1) is 0 Å². The van der Waals surface area contributed by atoms with E-state index in [0.717, 1.165) is 0 Å². The second-order valence-corrected chi connectivity index (χ2v) is 5.83. The number of hydrogen-bond acceptors (Lipinski definition) is 3. The fourth-order valence-corrected chi connectivity index (χ4v) is 3.25. The van der Waals surface area contributed by atoms with Gasteiger partial charge in [0.15, 0.2) is 5.78 Å². The summed E-state index contributed by atoms with van der Waals surface area (Å²) in [6.07, 6.45) is -4.36. The number of alkyl halides is 3. The lowest BCUT2D eigenvalue weighted by molar-refractivity contribution is -0.186. The van der Waals surface area contributed by atoms with Gasteiger partial charge >= 0.3 is 12.1 Å². The summed E-state index contributed by atoms with van der Waals surface area (Å²) in [6.45, 7) is 0.0163. The van der Waals surface area contributed by atoms with Crippen LogP contribution in [0.3, 0.4) is 0 Å². The fourth-order valence-electron chi connectivity index (χ4n) is 3.25. The Balaban J connectivity index is 1.88. The molecule has 128 valence electrons. The van der Waals surface area contributed by atoms with Crippen LogP contribution in [0.1, 0.15) is 29.6 Å². The summed E-state index contributed by atoms with van der Waals surface area (Å²) < 4.78 is 38.1. The Morgan fingerprint density at radius 3 is 2.54 bits per heavy atom. The first-order valence-electron chi connectivity index (χ1n) is 7.62. The van der Waals surface area contributed by atoms with Gasteiger partial charge in [-0.1, -0.05) is 12.1 Å². The van der Waals surface area contributed by atoms with E-state index in [-0.39, 0.29) is 31.7 Å². The molecular weight excluding hydrogens is 325 g/mol. The fraction of sp³-hybridized carbons (Fsp3) is 0.438. The largest absolute Gasteiger partial charge is 0.471 e. The van der Waals surface area contributed by atoms with Crippen LogP contribution in [0.5, 0.6) is 0 Å². The number of carbonyl (C=O) groups excluding carboxylic acids is 3. The third-order valence-corrected chi connectivity index (χ3v) is 4.36. The number of nitrogens with zero attached hydrogens (tertiary/aromatic N) is 2. The van der Waals surface area contributed by atoms with Crippen molar-refractivity contribution in [1.29, 1.82) is 0 Å². The highest BCUT2D eigenvalue weighted by Gasteiger charge is 2.48. The number of halogens is 3. The molecule has 8 heteroatoms. The number of benzene rings is 1. The Morgan fingerprint density at radius 1 is 1.12 bits per heavy atom. The molecule has 1 unspecified atom stereocenters. The maximum absolute atomic E-state index is 12.8. The summed E-state index contributed by atoms with van der Waals surface area (Å²) in [5.74, 6) is -2.66. The highest BCUT2D eigenvalue weighted by atomic mass is 19.4. The maximum Gasteiger partial charge on any atom is 0.471 e. The molecule has 24 heavy (non-hydrogen) atoms. The summed E-state index contributed by atoms with van der Waals surface area (Å²) in [6, 6.07) is 5.37. The summed E-state index contributed by atoms with van der Waals surface area (Å²) >= 11 is 0. The smallest absolute Gasteiger partial charge is 0.323 e. The van der Waals surface area contributed by atoms with Crippen LogP contribution in [0.25, 0.3) is 0 Å². The summed E-state index contributed by atoms with van der Waals surface area (Å²) in [7, 11) is 0. The quantitative estimate of drug-likeness (QED) is 0.787. The number of hydrogen-bond donors (Lipinski definition) is 0. The molecular formula is C16H15F3N2O3. The van der Waals surface area contributed by atoms with E-state index in [1.165, 1.54) is 4.90 Å². The van der Waals surface area contributed by atoms with Crippen molar-refractivity contribution in [3.05, 3.63) is 29.8 Å². The van der Waals surface area contributed by atoms with E-state index in [1.54, 1.807) is 24.3 Å². The highest BCUT2D eigenvalue weighted by Crippen LogP contribution is 2.31. The average molecular weight is 340 g/mol. The molecule has 2 aliphatic heterocycles. The Hall–Kier alpha value is -2.38. The van der Waals surface area contributed by atoms with Crippen LogP contribution in [0, 0.1) is 0 Å². The number of Topliss-reactive ketones (excluding diaryl/α,β-unsaturated/α-hetero) is 1. The molecule has 0 saturated carbocycles. The SMILES string of the molecule is O=C1CCN(C(=O)C2CCCN2C(=O)C(F)(F)F)c2ccccc21. The van der Waals surface area contributed by atoms with Gasteiger partial charge in [-0.25, -0.2) is 0 Å². The number of para-hydroxylation sites is 1. The van der Waals surface area contributed by atoms with Crippen molar-refractivity contribution in [3.63, 3.8) is 0 Å². The number of carbonyl (C=O) groups is 3. The molecule has 1 saturated heterocycles. The van der Waals surface area contributed by atoms with E-state index >= 15 is 0 Å². The zero-order valence-electron chi connectivity index (χ0n) is 12.7. The number of anilines is 1. The van der Waals surface area contributed by atoms with Crippen LogP contribution in [-0.4, -0.2) is 47.8 Å². The van der Waals surface area contributed by atoms with Crippen LogP contribution in [0.4, 0.5) is 18.9 Å². The first-order chi connectivity index (χ1) is 11.3. The zero-order valence-corrected chi connectivity index (χ0v) is 12.7. The third-order valence-electron chi connectivity index (χ3n) is 4.36. The van der Waals surface area contributed by atoms with Crippen molar-refractivity contribution < 1.29 is 27.6 Å². The minimum Gasteiger partial charge on any atom is -0.323 e. The van der Waals surface area contributed by atoms with E-state index in [2.05, 4.69) is 0 Å². The van der Waals surface area contributed by atoms with Crippen molar-refractivity contribution in [2.75, 3.05) is 18.0 Å². The van der Waals surface area contributed by atoms with Crippen LogP contribution < -0.4 is 4.90 Å². The van der Waals surface area contributed by atoms with E-state index in [4.69, 9.17) is 0 Å². The van der Waals surface area contributed by atoms with Gasteiger partial charge in [-0.3, -0.25) is 14.4 Å². The van der Waals surface area contributed by atoms with Gasteiger partial charge in [0, 0.05) is 25.1 Å². The lowest BCUT2D eigenvalue weighted by atomic mass is 9.99. The van der Waals surface area contributed by atoms with Gasteiger partial charge in [0.2, 0.25) is 5.91 Å². The van der Waals surface area contributed by atoms with Crippen molar-refractivity contribution >= 4 is 23.3 Å². The summed E-state index contributed by atoms with van der Waals surface area (Å²) in [4.78, 5) is 38.2. The average Bonchev–Trinajstić information content (AvgIpc) is 3.02. The highest BCUT2D eigenvalue weighted by molar-refractivity contribution is 6.10. The normalized spacial score (nSPS) is 21.0. The molecule has 1 aromatic rings. The predicted octanol–water partition coefficient (Wildman–Crippen LogP) is 2.16. The topological polar surface area (TPSA) is 57.7 Å². The Labute approximate surface area is 136 Å². The summed E-state index contributed by atoms with van der Waals surface area (Å²) in [5, 5.41) is 0. The predicted molar refractivity (Wildman–Crippen MR) is 78.5 cm³/mol. The molecule has 2 amide bonds. The van der Waals surface area contributed by atoms with Gasteiger partial charge in [0.05, 0.1) is 5.69 Å². The molecule has 2 heterocycles. The number of fused-ring (bicyclic) bond motifs is 1. The molecule has 1 atom stereocenters. The van der Waals surface area contributed by atoms with E-state index < -0.39 is 24.0 Å². The van der Waals surface area contributed by atoms with Crippen molar-refractivity contribution in [1.82, 2.24) is 4.90 Å². The van der Waals surface area contributed by atoms with Gasteiger partial charge in [0.1, 0.15) is 6.04 Å². The monoisotopic (exact) mass is 340 g/mol. The lowest BCUT2D eigenvalue weighted by Gasteiger charge is -2.33. The number of amides is 2. The van der Waals surface area contributed by atoms with Gasteiger partial charge in [0.25, 0.3) is 0 Å². The first-order valence-corrected chi connectivity index (χ1v) is 7.62. The minimum absolute atomic E-state index is 0.0941. The van der Waals surface area contributed by atoms with Crippen LogP contribution >= 0.6 is 0 Å². The van der Waals surface area contributed by atoms with Gasteiger partial charge in [-0.05, 0) is 25.0 Å². The standard InChI is InChI=1S/C16H15F3N2O3/c17-16(18,19)15(24)21-8-3-6-12(21)14(23)20-9-7-13(22)10-4-1-2-5-11(10)20/h1-2,4-5,12H,3,6-9H2. The maximum atomic E-state index is 12.8. The Morgan fingerprint density at radius 2 is 1.83 bits per heavy atom. The first kappa shape index (κ1) is 16.5. The second kappa shape index (κ2) is 5.92. The van der Waals surface area contributed by atoms with Gasteiger partial charge < -0.3 is 9.80 Å². The van der Waals surface area contributed by atoms with Crippen molar-refractivity contribution in [3.8, 4) is 0 Å². The molecule has 0 aliphatic carbocycles. The van der Waals surface area contributed by atoms with Crippen molar-refractivity contribution in [2.45, 2.75) is 31.5 Å². The van der Waals surface area contributed by atoms with E-state index in [0.29, 0.717) is 22.6 Å². The molecule has 1 fully saturated rings. The molecule has 5 nitrogen and oxygen atoms in total. The molecule has 0 aromatic heterocycles. The van der Waals surface area contributed by atoms with E-state index in [1.807, 2.05) is 0 Å².